The predicted octanol–water partition coefficient (Wildman–Crippen LogP) is 1.09. The summed E-state index contributed by atoms with van der Waals surface area (Å²) in [5, 5.41) is 3.38. The zero-order chi connectivity index (χ0) is 13.4. The summed E-state index contributed by atoms with van der Waals surface area (Å²) in [6, 6.07) is 3.78. The predicted molar refractivity (Wildman–Crippen MR) is 76.1 cm³/mol. The number of pyridine rings is 1. The van der Waals surface area contributed by atoms with Crippen molar-refractivity contribution in [3.05, 3.63) is 34.2 Å². The number of likely N-dealkylation sites (N-methyl/N-ethyl adjacent to an activating group) is 1. The molecule has 18 heavy (non-hydrogen) atoms. The van der Waals surface area contributed by atoms with Crippen molar-refractivity contribution in [2.24, 2.45) is 0 Å². The molecular weight excluding hydrogens is 226 g/mol. The van der Waals surface area contributed by atoms with Crippen LogP contribution in [0.25, 0.3) is 0 Å². The van der Waals surface area contributed by atoms with Gasteiger partial charge >= 0.3 is 0 Å². The van der Waals surface area contributed by atoms with Crippen LogP contribution in [0, 0.1) is 6.92 Å². The Labute approximate surface area is 110 Å². The highest BCUT2D eigenvalue weighted by Crippen LogP contribution is 1.88. The van der Waals surface area contributed by atoms with Gasteiger partial charge in [-0.25, -0.2) is 0 Å². The van der Waals surface area contributed by atoms with Crippen LogP contribution in [-0.4, -0.2) is 42.2 Å². The Hall–Kier alpha value is -1.13. The van der Waals surface area contributed by atoms with Crippen molar-refractivity contribution in [2.75, 3.05) is 32.7 Å². The van der Waals surface area contributed by atoms with E-state index in [2.05, 4.69) is 24.1 Å². The second-order valence-electron chi connectivity index (χ2n) is 4.47. The Kier molecular flexibility index (Phi) is 6.68. The van der Waals surface area contributed by atoms with Gasteiger partial charge in [0, 0.05) is 37.9 Å². The molecule has 0 saturated heterocycles. The SMILES string of the molecule is CCN(CC)CCNCCn1cccc(C)c1=O. The number of hydrogen-bond donors (Lipinski definition) is 1. The third kappa shape index (κ3) is 4.63. The minimum absolute atomic E-state index is 0.114. The van der Waals surface area contributed by atoms with E-state index in [4.69, 9.17) is 0 Å². The number of nitrogens with zero attached hydrogens (tertiary/aromatic N) is 2. The van der Waals surface area contributed by atoms with E-state index in [1.165, 1.54) is 0 Å². The maximum atomic E-state index is 11.8. The highest BCUT2D eigenvalue weighted by atomic mass is 16.1. The number of hydrogen-bond acceptors (Lipinski definition) is 3. The van der Waals surface area contributed by atoms with Crippen LogP contribution in [0.2, 0.25) is 0 Å². The molecule has 0 spiro atoms. The lowest BCUT2D eigenvalue weighted by atomic mass is 10.3. The molecule has 0 saturated carbocycles. The molecule has 1 aromatic heterocycles. The summed E-state index contributed by atoms with van der Waals surface area (Å²) in [5.41, 5.74) is 0.920. The molecule has 1 aromatic rings. The third-order valence-electron chi connectivity index (χ3n) is 3.24. The summed E-state index contributed by atoms with van der Waals surface area (Å²) in [4.78, 5) is 14.1. The molecule has 0 aromatic carbocycles. The number of aromatic nitrogens is 1. The molecule has 1 heterocycles. The van der Waals surface area contributed by atoms with Crippen LogP contribution in [-0.2, 0) is 6.54 Å². The van der Waals surface area contributed by atoms with Crippen molar-refractivity contribution in [1.82, 2.24) is 14.8 Å². The Morgan fingerprint density at radius 3 is 2.67 bits per heavy atom. The van der Waals surface area contributed by atoms with Gasteiger partial charge in [-0.05, 0) is 26.1 Å². The van der Waals surface area contributed by atoms with Crippen molar-refractivity contribution >= 4 is 0 Å². The van der Waals surface area contributed by atoms with Crippen molar-refractivity contribution < 1.29 is 0 Å². The molecule has 0 radical (unpaired) electrons. The van der Waals surface area contributed by atoms with Gasteiger partial charge in [0.1, 0.15) is 0 Å². The molecule has 0 amide bonds. The Bertz CT molecular complexity index is 396. The lowest BCUT2D eigenvalue weighted by molar-refractivity contribution is 0.302. The van der Waals surface area contributed by atoms with Crippen LogP contribution in [0.5, 0.6) is 0 Å². The smallest absolute Gasteiger partial charge is 0.253 e. The minimum Gasteiger partial charge on any atom is -0.314 e. The summed E-state index contributed by atoms with van der Waals surface area (Å²) >= 11 is 0. The van der Waals surface area contributed by atoms with Gasteiger partial charge in [-0.1, -0.05) is 19.9 Å². The van der Waals surface area contributed by atoms with Crippen LogP contribution in [0.4, 0.5) is 0 Å². The summed E-state index contributed by atoms with van der Waals surface area (Å²) in [7, 11) is 0. The van der Waals surface area contributed by atoms with Gasteiger partial charge in [0.25, 0.3) is 5.56 Å². The first-order valence-electron chi connectivity index (χ1n) is 6.78. The highest BCUT2D eigenvalue weighted by Gasteiger charge is 1.99. The average Bonchev–Trinajstić information content (AvgIpc) is 2.38. The number of nitrogens with one attached hydrogen (secondary N) is 1. The van der Waals surface area contributed by atoms with Crippen LogP contribution in [0.1, 0.15) is 19.4 Å². The quantitative estimate of drug-likeness (QED) is 0.703. The number of rotatable bonds is 8. The maximum Gasteiger partial charge on any atom is 0.253 e. The fourth-order valence-corrected chi connectivity index (χ4v) is 1.93. The van der Waals surface area contributed by atoms with Crippen LogP contribution >= 0.6 is 0 Å². The van der Waals surface area contributed by atoms with E-state index in [0.29, 0.717) is 0 Å². The average molecular weight is 251 g/mol. The molecule has 0 atom stereocenters. The van der Waals surface area contributed by atoms with Gasteiger partial charge in [0.2, 0.25) is 0 Å². The molecule has 102 valence electrons. The molecular formula is C14H25N3O. The number of aryl methyl sites for hydroxylation is 1. The van der Waals surface area contributed by atoms with E-state index in [1.807, 2.05) is 25.3 Å². The molecule has 4 nitrogen and oxygen atoms in total. The standard InChI is InChI=1S/C14H25N3O/c1-4-16(5-2)11-8-15-9-12-17-10-6-7-13(3)14(17)18/h6-7,10,15H,4-5,8-9,11-12H2,1-3H3. The molecule has 0 aliphatic rings. The summed E-state index contributed by atoms with van der Waals surface area (Å²) < 4.78 is 1.76. The van der Waals surface area contributed by atoms with Crippen LogP contribution in [0.15, 0.2) is 23.1 Å². The second kappa shape index (κ2) is 8.06. The van der Waals surface area contributed by atoms with E-state index >= 15 is 0 Å². The fourth-order valence-electron chi connectivity index (χ4n) is 1.93. The zero-order valence-electron chi connectivity index (χ0n) is 11.8. The minimum atomic E-state index is 0.114. The molecule has 0 bridgehead atoms. The summed E-state index contributed by atoms with van der Waals surface area (Å²) in [6.07, 6.45) is 1.85. The molecule has 0 aliphatic heterocycles. The monoisotopic (exact) mass is 251 g/mol. The zero-order valence-corrected chi connectivity index (χ0v) is 11.8. The first-order chi connectivity index (χ1) is 8.69. The normalized spacial score (nSPS) is 11.1. The molecule has 0 aliphatic carbocycles. The Balaban J connectivity index is 2.26. The molecule has 4 heteroatoms. The van der Waals surface area contributed by atoms with Crippen molar-refractivity contribution in [3.8, 4) is 0 Å². The van der Waals surface area contributed by atoms with E-state index in [1.54, 1.807) is 4.57 Å². The lowest BCUT2D eigenvalue weighted by Crippen LogP contribution is -2.34. The highest BCUT2D eigenvalue weighted by molar-refractivity contribution is 5.07. The first-order valence-corrected chi connectivity index (χ1v) is 6.78. The van der Waals surface area contributed by atoms with Gasteiger partial charge in [-0.15, -0.1) is 0 Å². The second-order valence-corrected chi connectivity index (χ2v) is 4.47. The molecule has 0 fully saturated rings. The van der Waals surface area contributed by atoms with E-state index in [9.17, 15) is 4.79 Å². The molecule has 1 N–H and O–H groups in total. The van der Waals surface area contributed by atoms with Gasteiger partial charge < -0.3 is 14.8 Å². The van der Waals surface area contributed by atoms with Gasteiger partial charge in [-0.3, -0.25) is 4.79 Å². The van der Waals surface area contributed by atoms with E-state index in [0.717, 1.165) is 44.8 Å². The van der Waals surface area contributed by atoms with Crippen molar-refractivity contribution in [2.45, 2.75) is 27.3 Å². The Morgan fingerprint density at radius 1 is 1.28 bits per heavy atom. The molecule has 0 unspecified atom stereocenters. The maximum absolute atomic E-state index is 11.8. The van der Waals surface area contributed by atoms with E-state index < -0.39 is 0 Å². The summed E-state index contributed by atoms with van der Waals surface area (Å²) in [6.45, 7) is 12.0. The summed E-state index contributed by atoms with van der Waals surface area (Å²) in [5.74, 6) is 0. The lowest BCUT2D eigenvalue weighted by Gasteiger charge is -2.18. The van der Waals surface area contributed by atoms with Crippen LogP contribution in [0.3, 0.4) is 0 Å². The van der Waals surface area contributed by atoms with Crippen molar-refractivity contribution in [3.63, 3.8) is 0 Å². The third-order valence-corrected chi connectivity index (χ3v) is 3.24. The van der Waals surface area contributed by atoms with E-state index in [-0.39, 0.29) is 5.56 Å². The molecule has 1 rings (SSSR count). The largest absolute Gasteiger partial charge is 0.314 e. The van der Waals surface area contributed by atoms with Gasteiger partial charge in [0.05, 0.1) is 0 Å². The fraction of sp³-hybridized carbons (Fsp3) is 0.643. The van der Waals surface area contributed by atoms with Crippen molar-refractivity contribution in [1.29, 1.82) is 0 Å². The van der Waals surface area contributed by atoms with Gasteiger partial charge in [0.15, 0.2) is 0 Å². The van der Waals surface area contributed by atoms with Crippen LogP contribution < -0.4 is 10.9 Å². The Morgan fingerprint density at radius 2 is 2.00 bits per heavy atom. The first kappa shape index (κ1) is 14.9. The topological polar surface area (TPSA) is 37.3 Å². The van der Waals surface area contributed by atoms with Gasteiger partial charge in [-0.2, -0.15) is 0 Å².